The number of fused-ring (bicyclic) bond motifs is 2. The molecule has 158 valence electrons. The second-order valence-electron chi connectivity index (χ2n) is 7.39. The standard InChI is InChI=1S/C20H18ClF2N3O4/c21-11-6-14-19(24-13(11)4-1-9-5-10(22)2-3-12(9)23)26-20(25-14)30-16-8-29-17-15(27)7-28-18(16)17/h2-3,5-6,15-18,27H,1,4,7-8H2,(H,24,25,26)/t15-,16-,17-,18-/m1/s1. The second-order valence-corrected chi connectivity index (χ2v) is 7.79. The van der Waals surface area contributed by atoms with Crippen molar-refractivity contribution in [1.29, 1.82) is 0 Å². The summed E-state index contributed by atoms with van der Waals surface area (Å²) in [7, 11) is 0. The van der Waals surface area contributed by atoms with Crippen LogP contribution in [0.15, 0.2) is 24.3 Å². The molecule has 5 rings (SSSR count). The third-order valence-electron chi connectivity index (χ3n) is 5.36. The van der Waals surface area contributed by atoms with Crippen LogP contribution in [0.4, 0.5) is 8.78 Å². The summed E-state index contributed by atoms with van der Waals surface area (Å²) in [6.07, 6.45) is -1.26. The largest absolute Gasteiger partial charge is 0.456 e. The number of hydrogen-bond acceptors (Lipinski definition) is 6. The first-order valence-electron chi connectivity index (χ1n) is 9.55. The quantitative estimate of drug-likeness (QED) is 0.637. The second kappa shape index (κ2) is 7.73. The SMILES string of the molecule is O[C@@H]1CO[C@H]2[C@@H]1OC[C@H]2Oc1nc2nc(CCc3cc(F)ccc3F)c(Cl)cc2[nH]1. The Kier molecular flexibility index (Phi) is 5.06. The minimum absolute atomic E-state index is 0.210. The summed E-state index contributed by atoms with van der Waals surface area (Å²) >= 11 is 6.32. The smallest absolute Gasteiger partial charge is 0.296 e. The van der Waals surface area contributed by atoms with Gasteiger partial charge < -0.3 is 24.3 Å². The molecule has 2 aromatic heterocycles. The molecule has 10 heteroatoms. The summed E-state index contributed by atoms with van der Waals surface area (Å²) in [5, 5.41) is 10.2. The van der Waals surface area contributed by atoms with Gasteiger partial charge in [0.2, 0.25) is 0 Å². The number of pyridine rings is 1. The Balaban J connectivity index is 1.32. The number of aliphatic hydroxyl groups excluding tert-OH is 1. The monoisotopic (exact) mass is 437 g/mol. The van der Waals surface area contributed by atoms with E-state index in [-0.39, 0.29) is 37.3 Å². The molecule has 2 aliphatic rings. The minimum atomic E-state index is -0.662. The molecule has 2 saturated heterocycles. The lowest BCUT2D eigenvalue weighted by Crippen LogP contribution is -2.34. The van der Waals surface area contributed by atoms with Crippen LogP contribution in [0.1, 0.15) is 11.3 Å². The van der Waals surface area contributed by atoms with Gasteiger partial charge in [-0.05, 0) is 42.7 Å². The van der Waals surface area contributed by atoms with Gasteiger partial charge in [0.1, 0.15) is 29.9 Å². The van der Waals surface area contributed by atoms with Crippen LogP contribution in [-0.2, 0) is 22.3 Å². The van der Waals surface area contributed by atoms with Crippen molar-refractivity contribution in [2.24, 2.45) is 0 Å². The molecule has 3 aromatic rings. The maximum Gasteiger partial charge on any atom is 0.296 e. The fraction of sp³-hybridized carbons (Fsp3) is 0.400. The van der Waals surface area contributed by atoms with Gasteiger partial charge in [-0.3, -0.25) is 0 Å². The summed E-state index contributed by atoms with van der Waals surface area (Å²) in [6.45, 7) is 0.490. The fourth-order valence-corrected chi connectivity index (χ4v) is 4.09. The normalized spacial score (nSPS) is 25.7. The molecule has 7 nitrogen and oxygen atoms in total. The molecule has 2 fully saturated rings. The Morgan fingerprint density at radius 3 is 2.83 bits per heavy atom. The molecule has 0 radical (unpaired) electrons. The minimum Gasteiger partial charge on any atom is -0.456 e. The number of rotatable bonds is 5. The van der Waals surface area contributed by atoms with Crippen LogP contribution < -0.4 is 4.74 Å². The molecule has 0 saturated carbocycles. The van der Waals surface area contributed by atoms with Crippen LogP contribution in [0, 0.1) is 11.6 Å². The van der Waals surface area contributed by atoms with Crippen molar-refractivity contribution in [3.8, 4) is 6.01 Å². The molecule has 0 unspecified atom stereocenters. The predicted molar refractivity (Wildman–Crippen MR) is 103 cm³/mol. The molecule has 0 amide bonds. The van der Waals surface area contributed by atoms with E-state index in [0.717, 1.165) is 12.1 Å². The number of nitrogens with zero attached hydrogens (tertiary/aromatic N) is 2. The Morgan fingerprint density at radius 2 is 1.97 bits per heavy atom. The zero-order valence-corrected chi connectivity index (χ0v) is 16.4. The molecule has 1 aromatic carbocycles. The van der Waals surface area contributed by atoms with Gasteiger partial charge in [-0.25, -0.2) is 13.8 Å². The number of aryl methyl sites for hydroxylation is 2. The van der Waals surface area contributed by atoms with E-state index in [9.17, 15) is 13.9 Å². The van der Waals surface area contributed by atoms with E-state index in [1.165, 1.54) is 6.07 Å². The molecule has 0 spiro atoms. The first kappa shape index (κ1) is 19.6. The van der Waals surface area contributed by atoms with Gasteiger partial charge in [0.05, 0.1) is 29.4 Å². The Morgan fingerprint density at radius 1 is 1.13 bits per heavy atom. The maximum absolute atomic E-state index is 13.8. The highest BCUT2D eigenvalue weighted by Crippen LogP contribution is 2.30. The van der Waals surface area contributed by atoms with Gasteiger partial charge in [-0.2, -0.15) is 4.98 Å². The highest BCUT2D eigenvalue weighted by molar-refractivity contribution is 6.31. The number of aromatic amines is 1. The highest BCUT2D eigenvalue weighted by atomic mass is 35.5. The summed E-state index contributed by atoms with van der Waals surface area (Å²) in [5.74, 6) is -0.965. The fourth-order valence-electron chi connectivity index (χ4n) is 3.84. The predicted octanol–water partition coefficient (Wildman–Crippen LogP) is 2.58. The lowest BCUT2D eigenvalue weighted by Gasteiger charge is -2.15. The van der Waals surface area contributed by atoms with E-state index in [4.69, 9.17) is 25.8 Å². The number of aromatic nitrogens is 3. The van der Waals surface area contributed by atoms with Gasteiger partial charge >= 0.3 is 0 Å². The molecule has 30 heavy (non-hydrogen) atoms. The van der Waals surface area contributed by atoms with Crippen LogP contribution >= 0.6 is 11.6 Å². The number of halogens is 3. The molecule has 2 N–H and O–H groups in total. The average molecular weight is 438 g/mol. The first-order valence-corrected chi connectivity index (χ1v) is 9.93. The number of hydrogen-bond donors (Lipinski definition) is 2. The summed E-state index contributed by atoms with van der Waals surface area (Å²) in [4.78, 5) is 11.8. The Hall–Kier alpha value is -2.33. The molecular weight excluding hydrogens is 420 g/mol. The number of aliphatic hydroxyl groups is 1. The Bertz CT molecular complexity index is 1100. The van der Waals surface area contributed by atoms with E-state index >= 15 is 0 Å². The van der Waals surface area contributed by atoms with Crippen molar-refractivity contribution < 1.29 is 28.1 Å². The number of imidazole rings is 1. The number of H-pyrrole nitrogens is 1. The van der Waals surface area contributed by atoms with Crippen molar-refractivity contribution in [2.75, 3.05) is 13.2 Å². The van der Waals surface area contributed by atoms with Gasteiger partial charge in [-0.15, -0.1) is 0 Å². The number of ether oxygens (including phenoxy) is 3. The average Bonchev–Trinajstić information content (AvgIpc) is 3.39. The van der Waals surface area contributed by atoms with Crippen molar-refractivity contribution >= 4 is 22.8 Å². The van der Waals surface area contributed by atoms with Crippen molar-refractivity contribution in [3.63, 3.8) is 0 Å². The van der Waals surface area contributed by atoms with Crippen LogP contribution in [-0.4, -0.2) is 57.7 Å². The highest BCUT2D eigenvalue weighted by Gasteiger charge is 2.48. The molecule has 0 aliphatic carbocycles. The van der Waals surface area contributed by atoms with E-state index in [1.54, 1.807) is 6.07 Å². The summed E-state index contributed by atoms with van der Waals surface area (Å²) in [5.41, 5.74) is 1.76. The van der Waals surface area contributed by atoms with Crippen molar-refractivity contribution in [3.05, 3.63) is 52.2 Å². The van der Waals surface area contributed by atoms with E-state index in [1.807, 2.05) is 0 Å². The lowest BCUT2D eigenvalue weighted by atomic mass is 10.1. The van der Waals surface area contributed by atoms with E-state index in [2.05, 4.69) is 15.0 Å². The number of benzene rings is 1. The first-order chi connectivity index (χ1) is 14.5. The lowest BCUT2D eigenvalue weighted by molar-refractivity contribution is 0.00706. The van der Waals surface area contributed by atoms with Gasteiger partial charge in [0.25, 0.3) is 6.01 Å². The van der Waals surface area contributed by atoms with Crippen LogP contribution in [0.25, 0.3) is 11.2 Å². The third-order valence-corrected chi connectivity index (χ3v) is 5.69. The van der Waals surface area contributed by atoms with Gasteiger partial charge in [0, 0.05) is 0 Å². The van der Waals surface area contributed by atoms with Crippen LogP contribution in [0.2, 0.25) is 5.02 Å². The zero-order chi connectivity index (χ0) is 20.8. The molecule has 0 bridgehead atoms. The van der Waals surface area contributed by atoms with E-state index < -0.39 is 29.9 Å². The topological polar surface area (TPSA) is 89.5 Å². The van der Waals surface area contributed by atoms with E-state index in [0.29, 0.717) is 28.3 Å². The molecule has 4 atom stereocenters. The van der Waals surface area contributed by atoms with Gasteiger partial charge in [0.15, 0.2) is 11.8 Å². The summed E-state index contributed by atoms with van der Waals surface area (Å²) < 4.78 is 44.2. The van der Waals surface area contributed by atoms with Crippen LogP contribution in [0.5, 0.6) is 6.01 Å². The van der Waals surface area contributed by atoms with Crippen molar-refractivity contribution in [1.82, 2.24) is 15.0 Å². The third kappa shape index (κ3) is 3.62. The van der Waals surface area contributed by atoms with Crippen LogP contribution in [0.3, 0.4) is 0 Å². The zero-order valence-electron chi connectivity index (χ0n) is 15.6. The van der Waals surface area contributed by atoms with Gasteiger partial charge in [-0.1, -0.05) is 11.6 Å². The Labute approximate surface area is 174 Å². The molecular formula is C20H18ClF2N3O4. The number of nitrogens with one attached hydrogen (secondary N) is 1. The summed E-state index contributed by atoms with van der Waals surface area (Å²) in [6, 6.07) is 5.26. The maximum atomic E-state index is 13.8. The van der Waals surface area contributed by atoms with Crippen molar-refractivity contribution in [2.45, 2.75) is 37.3 Å². The molecule has 4 heterocycles. The molecule has 2 aliphatic heterocycles.